The molecule has 1 aliphatic rings. The number of aromatic hydroxyl groups is 1. The van der Waals surface area contributed by atoms with Crippen molar-refractivity contribution >= 4 is 27.5 Å². The molecule has 0 aliphatic carbocycles. The Hall–Kier alpha value is -3.92. The van der Waals surface area contributed by atoms with Crippen molar-refractivity contribution in [2.24, 2.45) is 5.92 Å². The average molecular weight is 442 g/mol. The minimum Gasteiger partial charge on any atom is -0.508 e. The molecule has 33 heavy (non-hydrogen) atoms. The number of nitrogens with zero attached hydrogens (tertiary/aromatic N) is 4. The fourth-order valence-corrected chi connectivity index (χ4v) is 4.64. The fraction of sp³-hybridized carbons (Fsp3) is 0.269. The van der Waals surface area contributed by atoms with Crippen LogP contribution in [0.4, 0.5) is 10.2 Å². The number of rotatable bonds is 3. The van der Waals surface area contributed by atoms with Crippen molar-refractivity contribution in [1.82, 2.24) is 15.0 Å². The zero-order valence-corrected chi connectivity index (χ0v) is 18.5. The molecule has 166 valence electrons. The first-order chi connectivity index (χ1) is 16.0. The van der Waals surface area contributed by atoms with E-state index in [1.165, 1.54) is 13.2 Å². The molecule has 4 aromatic rings. The summed E-state index contributed by atoms with van der Waals surface area (Å²) in [4.78, 5) is 15.5. The van der Waals surface area contributed by atoms with Crippen molar-refractivity contribution in [1.29, 1.82) is 0 Å². The maximum Gasteiger partial charge on any atom is 0.318 e. The number of terminal acetylenes is 1. The third-order valence-electron chi connectivity index (χ3n) is 6.15. The van der Waals surface area contributed by atoms with Crippen LogP contribution in [0.5, 0.6) is 11.8 Å². The van der Waals surface area contributed by atoms with Gasteiger partial charge in [-0.05, 0) is 42.3 Å². The van der Waals surface area contributed by atoms with Crippen molar-refractivity contribution in [3.63, 3.8) is 0 Å². The van der Waals surface area contributed by atoms with Crippen LogP contribution in [0.3, 0.4) is 0 Å². The molecule has 6 nitrogen and oxygen atoms in total. The van der Waals surface area contributed by atoms with Gasteiger partial charge in [-0.25, -0.2) is 4.39 Å². The van der Waals surface area contributed by atoms with Crippen LogP contribution in [0.2, 0.25) is 0 Å². The monoisotopic (exact) mass is 442 g/mol. The Morgan fingerprint density at radius 3 is 2.88 bits per heavy atom. The average Bonchev–Trinajstić information content (AvgIpc) is 2.82. The van der Waals surface area contributed by atoms with E-state index >= 15 is 4.39 Å². The highest BCUT2D eigenvalue weighted by molar-refractivity contribution is 6.02. The molecule has 1 fully saturated rings. The maximum atomic E-state index is 16.0. The molecule has 3 heterocycles. The van der Waals surface area contributed by atoms with Crippen LogP contribution >= 0.6 is 0 Å². The van der Waals surface area contributed by atoms with Crippen molar-refractivity contribution in [2.45, 2.75) is 19.8 Å². The standard InChI is InChI=1S/C26H23FN4O2/c1-4-16-8-5-9-17-11-18(32)12-19(21(16)17)23-22(27)24-20(13-28-23)25(30-26(29-24)33-3)31-10-6-7-15(2)14-31/h1,5,8-9,11-13,15,32H,6-7,10,14H2,2-3H3. The van der Waals surface area contributed by atoms with Gasteiger partial charge in [0.05, 0.1) is 12.5 Å². The smallest absolute Gasteiger partial charge is 0.318 e. The van der Waals surface area contributed by atoms with Crippen molar-refractivity contribution in [3.8, 4) is 35.4 Å². The third kappa shape index (κ3) is 3.58. The lowest BCUT2D eigenvalue weighted by molar-refractivity contribution is 0.379. The lowest BCUT2D eigenvalue weighted by atomic mass is 9.96. The summed E-state index contributed by atoms with van der Waals surface area (Å²) in [6.45, 7) is 3.84. The van der Waals surface area contributed by atoms with Gasteiger partial charge >= 0.3 is 6.01 Å². The molecule has 1 unspecified atom stereocenters. The van der Waals surface area contributed by atoms with E-state index in [0.717, 1.165) is 25.9 Å². The van der Waals surface area contributed by atoms with E-state index in [1.807, 2.05) is 6.07 Å². The first kappa shape index (κ1) is 21.0. The van der Waals surface area contributed by atoms with Crippen LogP contribution in [-0.4, -0.2) is 40.3 Å². The van der Waals surface area contributed by atoms with E-state index in [-0.39, 0.29) is 23.0 Å². The largest absolute Gasteiger partial charge is 0.508 e. The number of piperidine rings is 1. The third-order valence-corrected chi connectivity index (χ3v) is 6.15. The number of hydrogen-bond acceptors (Lipinski definition) is 6. The van der Waals surface area contributed by atoms with Gasteiger partial charge in [0, 0.05) is 35.8 Å². The number of anilines is 1. The van der Waals surface area contributed by atoms with Crippen LogP contribution in [0.15, 0.2) is 36.5 Å². The first-order valence-corrected chi connectivity index (χ1v) is 10.9. The van der Waals surface area contributed by atoms with E-state index in [0.29, 0.717) is 39.0 Å². The summed E-state index contributed by atoms with van der Waals surface area (Å²) in [7, 11) is 1.46. The molecule has 0 amide bonds. The number of aromatic nitrogens is 3. The normalized spacial score (nSPS) is 16.2. The molecular formula is C26H23FN4O2. The second-order valence-corrected chi connectivity index (χ2v) is 8.45. The minimum absolute atomic E-state index is 0.00349. The fourth-order valence-electron chi connectivity index (χ4n) is 4.64. The Kier molecular flexibility index (Phi) is 5.21. The molecule has 1 atom stereocenters. The van der Waals surface area contributed by atoms with Crippen LogP contribution < -0.4 is 9.64 Å². The number of phenols is 1. The van der Waals surface area contributed by atoms with E-state index in [2.05, 4.69) is 32.7 Å². The second-order valence-electron chi connectivity index (χ2n) is 8.45. The number of methoxy groups -OCH3 is 1. The minimum atomic E-state index is -0.613. The van der Waals surface area contributed by atoms with Gasteiger partial charge in [0.1, 0.15) is 22.8 Å². The van der Waals surface area contributed by atoms with Crippen molar-refractivity contribution < 1.29 is 14.2 Å². The van der Waals surface area contributed by atoms with Gasteiger partial charge in [-0.15, -0.1) is 6.42 Å². The van der Waals surface area contributed by atoms with Crippen molar-refractivity contribution in [3.05, 3.63) is 47.9 Å². The maximum absolute atomic E-state index is 16.0. The molecule has 7 heteroatoms. The Morgan fingerprint density at radius 2 is 2.12 bits per heavy atom. The summed E-state index contributed by atoms with van der Waals surface area (Å²) in [5.41, 5.74) is 1.18. The molecule has 2 aromatic carbocycles. The lowest BCUT2D eigenvalue weighted by Gasteiger charge is -2.32. The Balaban J connectivity index is 1.78. The number of hydrogen-bond donors (Lipinski definition) is 1. The molecule has 0 bridgehead atoms. The lowest BCUT2D eigenvalue weighted by Crippen LogP contribution is -2.35. The zero-order chi connectivity index (χ0) is 23.1. The van der Waals surface area contributed by atoms with Gasteiger partial charge in [0.2, 0.25) is 0 Å². The highest BCUT2D eigenvalue weighted by atomic mass is 19.1. The van der Waals surface area contributed by atoms with Gasteiger partial charge in [-0.3, -0.25) is 4.98 Å². The number of fused-ring (bicyclic) bond motifs is 2. The molecule has 1 aliphatic heterocycles. The molecule has 0 saturated carbocycles. The molecule has 5 rings (SSSR count). The SMILES string of the molecule is C#Cc1cccc2cc(O)cc(-c3ncc4c(N5CCCC(C)C5)nc(OC)nc4c3F)c12. The highest BCUT2D eigenvalue weighted by Crippen LogP contribution is 2.38. The van der Waals surface area contributed by atoms with Crippen LogP contribution in [0, 0.1) is 24.1 Å². The first-order valence-electron chi connectivity index (χ1n) is 10.9. The molecule has 1 saturated heterocycles. The zero-order valence-electron chi connectivity index (χ0n) is 18.5. The van der Waals surface area contributed by atoms with Crippen LogP contribution in [-0.2, 0) is 0 Å². The van der Waals surface area contributed by atoms with E-state index < -0.39 is 5.82 Å². The van der Waals surface area contributed by atoms with E-state index in [4.69, 9.17) is 11.2 Å². The molecule has 2 aromatic heterocycles. The number of halogens is 1. The summed E-state index contributed by atoms with van der Waals surface area (Å²) >= 11 is 0. The quantitative estimate of drug-likeness (QED) is 0.455. The molecule has 0 radical (unpaired) electrons. The van der Waals surface area contributed by atoms with Gasteiger partial charge < -0.3 is 14.7 Å². The summed E-state index contributed by atoms with van der Waals surface area (Å²) in [5, 5.41) is 12.2. The Bertz CT molecular complexity index is 1430. The van der Waals surface area contributed by atoms with Crippen LogP contribution in [0.25, 0.3) is 32.9 Å². The van der Waals surface area contributed by atoms with E-state index in [9.17, 15) is 5.11 Å². The van der Waals surface area contributed by atoms with Gasteiger partial charge in [-0.1, -0.05) is 25.0 Å². The second kappa shape index (κ2) is 8.21. The van der Waals surface area contributed by atoms with E-state index in [1.54, 1.807) is 24.4 Å². The number of ether oxygens (including phenoxy) is 1. The summed E-state index contributed by atoms with van der Waals surface area (Å²) in [5.74, 6) is 3.15. The number of benzene rings is 2. The molecular weight excluding hydrogens is 419 g/mol. The summed E-state index contributed by atoms with van der Waals surface area (Å²) < 4.78 is 21.3. The highest BCUT2D eigenvalue weighted by Gasteiger charge is 2.24. The predicted molar refractivity (Wildman–Crippen MR) is 127 cm³/mol. The topological polar surface area (TPSA) is 71.4 Å². The van der Waals surface area contributed by atoms with Crippen molar-refractivity contribution in [2.75, 3.05) is 25.1 Å². The molecule has 0 spiro atoms. The Morgan fingerprint density at radius 1 is 1.27 bits per heavy atom. The Labute approximate surface area is 191 Å². The summed E-state index contributed by atoms with van der Waals surface area (Å²) in [6.07, 6.45) is 9.49. The molecule has 1 N–H and O–H groups in total. The predicted octanol–water partition coefficient (Wildman–Crippen LogP) is 4.92. The van der Waals surface area contributed by atoms with Gasteiger partial charge in [0.15, 0.2) is 5.82 Å². The number of phenolic OH excluding ortho intramolecular Hbond substituents is 1. The van der Waals surface area contributed by atoms with Gasteiger partial charge in [0.25, 0.3) is 0 Å². The number of pyridine rings is 1. The van der Waals surface area contributed by atoms with Gasteiger partial charge in [-0.2, -0.15) is 9.97 Å². The van der Waals surface area contributed by atoms with Crippen LogP contribution in [0.1, 0.15) is 25.3 Å². The summed E-state index contributed by atoms with van der Waals surface area (Å²) in [6, 6.07) is 8.57.